The number of rotatable bonds is 3. The van der Waals surface area contributed by atoms with Crippen molar-refractivity contribution in [1.82, 2.24) is 14.9 Å². The fourth-order valence-corrected chi connectivity index (χ4v) is 2.28. The second-order valence-corrected chi connectivity index (χ2v) is 5.23. The first kappa shape index (κ1) is 13.4. The molecule has 21 heavy (non-hydrogen) atoms. The third-order valence-corrected chi connectivity index (χ3v) is 3.56. The van der Waals surface area contributed by atoms with Crippen molar-refractivity contribution in [2.45, 2.75) is 13.5 Å². The first-order valence-corrected chi connectivity index (χ1v) is 6.88. The van der Waals surface area contributed by atoms with Gasteiger partial charge in [-0.3, -0.25) is 4.79 Å². The number of benzene rings is 2. The van der Waals surface area contributed by atoms with Crippen LogP contribution >= 0.6 is 0 Å². The van der Waals surface area contributed by atoms with E-state index in [4.69, 9.17) is 0 Å². The van der Waals surface area contributed by atoms with Gasteiger partial charge in [-0.2, -0.15) is 0 Å². The van der Waals surface area contributed by atoms with Gasteiger partial charge in [0.2, 0.25) is 0 Å². The summed E-state index contributed by atoms with van der Waals surface area (Å²) in [6.07, 6.45) is 1.79. The van der Waals surface area contributed by atoms with Crippen LogP contribution in [0.2, 0.25) is 0 Å². The highest BCUT2D eigenvalue weighted by Crippen LogP contribution is 2.14. The Hall–Kier alpha value is -2.62. The first-order chi connectivity index (χ1) is 10.1. The number of nitrogens with one attached hydrogen (secondary N) is 1. The van der Waals surface area contributed by atoms with Crippen LogP contribution < -0.4 is 5.32 Å². The summed E-state index contributed by atoms with van der Waals surface area (Å²) in [6.45, 7) is 2.50. The van der Waals surface area contributed by atoms with Crippen LogP contribution in [0.1, 0.15) is 21.5 Å². The summed E-state index contributed by atoms with van der Waals surface area (Å²) >= 11 is 0. The van der Waals surface area contributed by atoms with Crippen LogP contribution in [-0.4, -0.2) is 15.5 Å². The zero-order valence-corrected chi connectivity index (χ0v) is 12.1. The van der Waals surface area contributed by atoms with E-state index < -0.39 is 0 Å². The predicted octanol–water partition coefficient (Wildman–Crippen LogP) is 2.81. The van der Waals surface area contributed by atoms with Crippen molar-refractivity contribution in [2.75, 3.05) is 0 Å². The van der Waals surface area contributed by atoms with Crippen LogP contribution in [0, 0.1) is 6.92 Å². The van der Waals surface area contributed by atoms with Crippen LogP contribution in [0.4, 0.5) is 0 Å². The molecule has 1 amide bonds. The molecule has 0 radical (unpaired) electrons. The zero-order valence-electron chi connectivity index (χ0n) is 12.1. The Morgan fingerprint density at radius 3 is 2.71 bits per heavy atom. The van der Waals surface area contributed by atoms with Crippen molar-refractivity contribution >= 4 is 16.9 Å². The van der Waals surface area contributed by atoms with Crippen LogP contribution in [-0.2, 0) is 13.6 Å². The number of nitrogens with zero attached hydrogens (tertiary/aromatic N) is 2. The van der Waals surface area contributed by atoms with Crippen LogP contribution in [0.5, 0.6) is 0 Å². The average molecular weight is 279 g/mol. The Morgan fingerprint density at radius 1 is 1.19 bits per heavy atom. The third-order valence-electron chi connectivity index (χ3n) is 3.56. The summed E-state index contributed by atoms with van der Waals surface area (Å²) in [5.41, 5.74) is 4.90. The molecule has 0 saturated carbocycles. The van der Waals surface area contributed by atoms with Crippen molar-refractivity contribution in [2.24, 2.45) is 7.05 Å². The Bertz CT molecular complexity index is 787. The number of aromatic nitrogens is 2. The monoisotopic (exact) mass is 279 g/mol. The van der Waals surface area contributed by atoms with Crippen molar-refractivity contribution in [3.05, 3.63) is 65.5 Å². The molecule has 3 aromatic rings. The van der Waals surface area contributed by atoms with Crippen molar-refractivity contribution < 1.29 is 4.79 Å². The maximum Gasteiger partial charge on any atom is 0.251 e. The van der Waals surface area contributed by atoms with Gasteiger partial charge in [0.05, 0.1) is 17.4 Å². The number of imidazole rings is 1. The lowest BCUT2D eigenvalue weighted by Gasteiger charge is -2.06. The summed E-state index contributed by atoms with van der Waals surface area (Å²) < 4.78 is 1.98. The molecule has 3 rings (SSSR count). The molecule has 0 fully saturated rings. The molecule has 0 unspecified atom stereocenters. The highest BCUT2D eigenvalue weighted by molar-refractivity contribution is 5.94. The van der Waals surface area contributed by atoms with Gasteiger partial charge in [0.15, 0.2) is 0 Å². The lowest BCUT2D eigenvalue weighted by molar-refractivity contribution is 0.0951. The van der Waals surface area contributed by atoms with E-state index in [0.717, 1.165) is 22.2 Å². The van der Waals surface area contributed by atoms with Gasteiger partial charge in [-0.1, -0.05) is 23.8 Å². The van der Waals surface area contributed by atoms with Crippen molar-refractivity contribution in [3.8, 4) is 0 Å². The Morgan fingerprint density at radius 2 is 1.95 bits per heavy atom. The van der Waals surface area contributed by atoms with E-state index in [1.807, 2.05) is 61.0 Å². The highest BCUT2D eigenvalue weighted by Gasteiger charge is 2.06. The van der Waals surface area contributed by atoms with Gasteiger partial charge in [-0.05, 0) is 36.8 Å². The lowest BCUT2D eigenvalue weighted by Crippen LogP contribution is -2.22. The van der Waals surface area contributed by atoms with E-state index in [9.17, 15) is 4.79 Å². The van der Waals surface area contributed by atoms with Gasteiger partial charge >= 0.3 is 0 Å². The molecule has 0 aliphatic heterocycles. The summed E-state index contributed by atoms with van der Waals surface area (Å²) in [5.74, 6) is -0.0592. The van der Waals surface area contributed by atoms with E-state index in [1.54, 1.807) is 6.33 Å². The van der Waals surface area contributed by atoms with Gasteiger partial charge in [-0.25, -0.2) is 4.98 Å². The number of carbonyl (C=O) groups is 1. The molecular formula is C17H17N3O. The summed E-state index contributed by atoms with van der Waals surface area (Å²) in [7, 11) is 1.97. The van der Waals surface area contributed by atoms with E-state index >= 15 is 0 Å². The van der Waals surface area contributed by atoms with Gasteiger partial charge in [-0.15, -0.1) is 0 Å². The third kappa shape index (κ3) is 2.79. The molecule has 0 bridgehead atoms. The number of amides is 1. The van der Waals surface area contributed by atoms with Crippen molar-refractivity contribution in [1.29, 1.82) is 0 Å². The molecule has 0 aliphatic rings. The normalized spacial score (nSPS) is 10.8. The van der Waals surface area contributed by atoms with E-state index in [-0.39, 0.29) is 5.91 Å². The Kier molecular flexibility index (Phi) is 3.44. The summed E-state index contributed by atoms with van der Waals surface area (Å²) in [6, 6.07) is 13.6. The maximum absolute atomic E-state index is 12.1. The Balaban J connectivity index is 1.71. The van der Waals surface area contributed by atoms with Crippen LogP contribution in [0.25, 0.3) is 11.0 Å². The second-order valence-electron chi connectivity index (χ2n) is 5.23. The summed E-state index contributed by atoms with van der Waals surface area (Å²) in [5, 5.41) is 2.93. The van der Waals surface area contributed by atoms with Crippen LogP contribution in [0.3, 0.4) is 0 Å². The maximum atomic E-state index is 12.1. The standard InChI is InChI=1S/C17H17N3O/c1-12-3-6-14(7-4-12)17(21)18-10-13-5-8-16-15(9-13)19-11-20(16)2/h3-9,11H,10H2,1-2H3,(H,18,21). The predicted molar refractivity (Wildman–Crippen MR) is 83.1 cm³/mol. The minimum absolute atomic E-state index is 0.0592. The average Bonchev–Trinajstić information content (AvgIpc) is 2.86. The van der Waals surface area contributed by atoms with E-state index in [2.05, 4.69) is 10.3 Å². The van der Waals surface area contributed by atoms with E-state index in [0.29, 0.717) is 12.1 Å². The molecule has 1 aromatic heterocycles. The van der Waals surface area contributed by atoms with Gasteiger partial charge in [0.1, 0.15) is 0 Å². The lowest BCUT2D eigenvalue weighted by atomic mass is 10.1. The molecule has 0 spiro atoms. The number of aryl methyl sites for hydroxylation is 2. The molecule has 4 heteroatoms. The number of carbonyl (C=O) groups excluding carboxylic acids is 1. The molecule has 4 nitrogen and oxygen atoms in total. The summed E-state index contributed by atoms with van der Waals surface area (Å²) in [4.78, 5) is 16.4. The molecule has 2 aromatic carbocycles. The molecular weight excluding hydrogens is 262 g/mol. The number of fused-ring (bicyclic) bond motifs is 1. The van der Waals surface area contributed by atoms with Crippen LogP contribution in [0.15, 0.2) is 48.8 Å². The fourth-order valence-electron chi connectivity index (χ4n) is 2.28. The molecule has 0 atom stereocenters. The highest BCUT2D eigenvalue weighted by atomic mass is 16.1. The largest absolute Gasteiger partial charge is 0.348 e. The molecule has 1 N–H and O–H groups in total. The number of hydrogen-bond donors (Lipinski definition) is 1. The van der Waals surface area contributed by atoms with Gasteiger partial charge < -0.3 is 9.88 Å². The fraction of sp³-hybridized carbons (Fsp3) is 0.176. The number of hydrogen-bond acceptors (Lipinski definition) is 2. The van der Waals surface area contributed by atoms with E-state index in [1.165, 1.54) is 0 Å². The molecule has 1 heterocycles. The SMILES string of the molecule is Cc1ccc(C(=O)NCc2ccc3c(c2)ncn3C)cc1. The zero-order chi connectivity index (χ0) is 14.8. The first-order valence-electron chi connectivity index (χ1n) is 6.88. The van der Waals surface area contributed by atoms with Gasteiger partial charge in [0.25, 0.3) is 5.91 Å². The molecule has 0 saturated heterocycles. The topological polar surface area (TPSA) is 46.9 Å². The van der Waals surface area contributed by atoms with Gasteiger partial charge in [0, 0.05) is 19.2 Å². The second kappa shape index (κ2) is 5.40. The minimum atomic E-state index is -0.0592. The smallest absolute Gasteiger partial charge is 0.251 e. The molecule has 0 aliphatic carbocycles. The quantitative estimate of drug-likeness (QED) is 0.801. The minimum Gasteiger partial charge on any atom is -0.348 e. The Labute approximate surface area is 123 Å². The molecule has 106 valence electrons. The van der Waals surface area contributed by atoms with Crippen molar-refractivity contribution in [3.63, 3.8) is 0 Å².